The quantitative estimate of drug-likeness (QED) is 0.556. The Hall–Kier alpha value is -3.26. The molecule has 8 heteroatoms. The van der Waals surface area contributed by atoms with Crippen molar-refractivity contribution in [2.24, 2.45) is 0 Å². The molecule has 8 nitrogen and oxygen atoms in total. The Balaban J connectivity index is 1.64. The Morgan fingerprint density at radius 1 is 1.09 bits per heavy atom. The van der Waals surface area contributed by atoms with Crippen molar-refractivity contribution < 1.29 is 19.7 Å². The predicted molar refractivity (Wildman–Crippen MR) is 121 cm³/mol. The van der Waals surface area contributed by atoms with E-state index in [2.05, 4.69) is 27.6 Å². The van der Waals surface area contributed by atoms with E-state index >= 15 is 0 Å². The maximum atomic E-state index is 10.7. The van der Waals surface area contributed by atoms with E-state index in [9.17, 15) is 10.2 Å². The van der Waals surface area contributed by atoms with Crippen LogP contribution in [-0.2, 0) is 11.2 Å². The smallest absolute Gasteiger partial charge is 0.322 e. The average molecular weight is 437 g/mol. The fourth-order valence-electron chi connectivity index (χ4n) is 4.36. The number of rotatable bonds is 5. The summed E-state index contributed by atoms with van der Waals surface area (Å²) >= 11 is 0. The van der Waals surface area contributed by atoms with E-state index in [1.54, 1.807) is 6.07 Å². The second-order valence-electron chi connectivity index (χ2n) is 8.67. The van der Waals surface area contributed by atoms with E-state index in [1.807, 2.05) is 24.5 Å². The number of hydrogen-bond acceptors (Lipinski definition) is 7. The number of nitrogens with zero attached hydrogens (tertiary/aromatic N) is 3. The highest BCUT2D eigenvalue weighted by Crippen LogP contribution is 2.39. The molecule has 0 aliphatic carbocycles. The van der Waals surface area contributed by atoms with Gasteiger partial charge in [0.25, 0.3) is 0 Å². The van der Waals surface area contributed by atoms with Gasteiger partial charge in [0.2, 0.25) is 0 Å². The van der Waals surface area contributed by atoms with Crippen molar-refractivity contribution in [3.05, 3.63) is 41.5 Å². The number of benzene rings is 2. The normalized spacial score (nSPS) is 16.2. The Kier molecular flexibility index (Phi) is 5.38. The van der Waals surface area contributed by atoms with Gasteiger partial charge in [-0.05, 0) is 47.7 Å². The van der Waals surface area contributed by atoms with Crippen LogP contribution in [0.25, 0.3) is 17.1 Å². The number of aromatic nitrogens is 3. The molecule has 2 aliphatic rings. The van der Waals surface area contributed by atoms with Crippen molar-refractivity contribution in [1.82, 2.24) is 14.8 Å². The van der Waals surface area contributed by atoms with Crippen LogP contribution in [-0.4, -0.2) is 50.8 Å². The van der Waals surface area contributed by atoms with Crippen molar-refractivity contribution in [2.75, 3.05) is 25.1 Å². The molecule has 3 N–H and O–H groups in total. The van der Waals surface area contributed by atoms with Crippen molar-refractivity contribution in [1.29, 1.82) is 0 Å². The van der Waals surface area contributed by atoms with Crippen molar-refractivity contribution in [3.8, 4) is 34.6 Å². The van der Waals surface area contributed by atoms with E-state index in [0.29, 0.717) is 30.6 Å². The van der Waals surface area contributed by atoms with Crippen LogP contribution in [0.5, 0.6) is 17.5 Å². The molecule has 0 atom stereocenters. The highest BCUT2D eigenvalue weighted by Gasteiger charge is 2.25. The molecule has 2 aromatic carbocycles. The van der Waals surface area contributed by atoms with Crippen molar-refractivity contribution >= 4 is 5.69 Å². The van der Waals surface area contributed by atoms with Crippen LogP contribution >= 0.6 is 0 Å². The molecular weight excluding hydrogens is 408 g/mol. The second kappa shape index (κ2) is 8.35. The molecule has 1 aromatic heterocycles. The number of aromatic hydroxyl groups is 2. The molecule has 32 heavy (non-hydrogen) atoms. The van der Waals surface area contributed by atoms with Gasteiger partial charge in [-0.2, -0.15) is 0 Å². The largest absolute Gasteiger partial charge is 0.508 e. The molecule has 0 unspecified atom stereocenters. The highest BCUT2D eigenvalue weighted by molar-refractivity contribution is 5.70. The first-order valence-corrected chi connectivity index (χ1v) is 11.1. The summed E-state index contributed by atoms with van der Waals surface area (Å²) in [5, 5.41) is 33.1. The monoisotopic (exact) mass is 436 g/mol. The average Bonchev–Trinajstić information content (AvgIpc) is 3.40. The van der Waals surface area contributed by atoms with Crippen LogP contribution in [0.1, 0.15) is 43.7 Å². The van der Waals surface area contributed by atoms with E-state index < -0.39 is 0 Å². The zero-order valence-electron chi connectivity index (χ0n) is 18.3. The van der Waals surface area contributed by atoms with Crippen LogP contribution in [0.3, 0.4) is 0 Å². The van der Waals surface area contributed by atoms with Crippen LogP contribution in [0, 0.1) is 0 Å². The molecule has 0 amide bonds. The first kappa shape index (κ1) is 20.6. The Morgan fingerprint density at radius 2 is 1.91 bits per heavy atom. The van der Waals surface area contributed by atoms with E-state index in [4.69, 9.17) is 9.47 Å². The summed E-state index contributed by atoms with van der Waals surface area (Å²) in [6.45, 7) is 6.22. The number of ether oxygens (including phenoxy) is 2. The van der Waals surface area contributed by atoms with E-state index in [1.165, 1.54) is 11.6 Å². The maximum Gasteiger partial charge on any atom is 0.322 e. The fraction of sp³-hybridized carbons (Fsp3) is 0.417. The van der Waals surface area contributed by atoms with Crippen molar-refractivity contribution in [2.45, 2.75) is 45.1 Å². The predicted octanol–water partition coefficient (Wildman–Crippen LogP) is 3.99. The van der Waals surface area contributed by atoms with Crippen LogP contribution in [0.15, 0.2) is 30.3 Å². The van der Waals surface area contributed by atoms with Gasteiger partial charge in [0.1, 0.15) is 17.6 Å². The summed E-state index contributed by atoms with van der Waals surface area (Å²) in [5.74, 6) is 0.558. The van der Waals surface area contributed by atoms with Gasteiger partial charge in [-0.25, -0.2) is 4.57 Å². The molecule has 0 radical (unpaired) electrons. The van der Waals surface area contributed by atoms with E-state index in [0.717, 1.165) is 42.7 Å². The van der Waals surface area contributed by atoms with Gasteiger partial charge in [-0.15, -0.1) is 5.10 Å². The minimum atomic E-state index is -0.0546. The molecule has 1 saturated heterocycles. The van der Waals surface area contributed by atoms with E-state index in [-0.39, 0.29) is 23.5 Å². The Labute approximate surface area is 186 Å². The summed E-state index contributed by atoms with van der Waals surface area (Å²) < 4.78 is 13.6. The number of phenols is 2. The molecule has 0 spiro atoms. The maximum absolute atomic E-state index is 10.7. The summed E-state index contributed by atoms with van der Waals surface area (Å²) in [7, 11) is 0. The van der Waals surface area contributed by atoms with Gasteiger partial charge in [-0.1, -0.05) is 18.9 Å². The van der Waals surface area contributed by atoms with Crippen LogP contribution in [0.2, 0.25) is 0 Å². The third-order valence-electron chi connectivity index (χ3n) is 6.14. The Morgan fingerprint density at radius 3 is 2.69 bits per heavy atom. The molecule has 5 rings (SSSR count). The Bertz CT molecular complexity index is 1140. The van der Waals surface area contributed by atoms with Gasteiger partial charge in [-0.3, -0.25) is 0 Å². The molecular formula is C24H28N4O4. The lowest BCUT2D eigenvalue weighted by Gasteiger charge is -2.23. The fourth-order valence-corrected chi connectivity index (χ4v) is 4.36. The van der Waals surface area contributed by atoms with Gasteiger partial charge < -0.3 is 25.0 Å². The van der Waals surface area contributed by atoms with Gasteiger partial charge in [0.15, 0.2) is 5.82 Å². The molecule has 0 saturated carbocycles. The van der Waals surface area contributed by atoms with Gasteiger partial charge in [0.05, 0.1) is 24.5 Å². The molecule has 1 fully saturated rings. The summed E-state index contributed by atoms with van der Waals surface area (Å²) in [5.41, 5.74) is 4.45. The molecule has 3 aromatic rings. The minimum Gasteiger partial charge on any atom is -0.508 e. The number of phenolic OH excluding ortho intramolecular Hbond substituents is 2. The molecule has 2 aliphatic heterocycles. The number of nitrogens with one attached hydrogen (secondary N) is 1. The molecule has 168 valence electrons. The lowest BCUT2D eigenvalue weighted by Crippen LogP contribution is -2.27. The topological polar surface area (TPSA) is 102 Å². The number of hydrogen-bond donors (Lipinski definition) is 3. The minimum absolute atomic E-state index is 0.00437. The first-order valence-electron chi connectivity index (χ1n) is 11.1. The van der Waals surface area contributed by atoms with Crippen LogP contribution in [0.4, 0.5) is 5.69 Å². The SMILES string of the molecule is CC(C)c1cc(-c2nnc(OC3CCOCC3)n2-c2ccc3c(c2)CCN3)c(O)cc1O. The summed E-state index contributed by atoms with van der Waals surface area (Å²) in [4.78, 5) is 0. The zero-order chi connectivity index (χ0) is 22.2. The number of anilines is 1. The molecule has 0 bridgehead atoms. The lowest BCUT2D eigenvalue weighted by atomic mass is 9.98. The number of fused-ring (bicyclic) bond motifs is 1. The second-order valence-corrected chi connectivity index (χ2v) is 8.67. The summed E-state index contributed by atoms with van der Waals surface area (Å²) in [6, 6.07) is 9.70. The standard InChI is InChI=1S/C24H28N4O4/c1-14(2)18-12-19(22(30)13-21(18)29)23-26-27-24(32-17-6-9-31-10-7-17)28(23)16-3-4-20-15(11-16)5-8-25-20/h3-4,11-14,17,25,29-30H,5-10H2,1-2H3. The third-order valence-corrected chi connectivity index (χ3v) is 6.14. The van der Waals surface area contributed by atoms with Crippen LogP contribution < -0.4 is 10.1 Å². The third kappa shape index (κ3) is 3.75. The molecule has 3 heterocycles. The summed E-state index contributed by atoms with van der Waals surface area (Å²) in [6.07, 6.45) is 2.52. The zero-order valence-corrected chi connectivity index (χ0v) is 18.3. The highest BCUT2D eigenvalue weighted by atomic mass is 16.5. The van der Waals surface area contributed by atoms with Crippen molar-refractivity contribution in [3.63, 3.8) is 0 Å². The first-order chi connectivity index (χ1) is 15.5. The lowest BCUT2D eigenvalue weighted by molar-refractivity contribution is 0.0209. The van der Waals surface area contributed by atoms with Gasteiger partial charge >= 0.3 is 6.01 Å². The van der Waals surface area contributed by atoms with Gasteiger partial charge in [0, 0.05) is 31.1 Å².